The Labute approximate surface area is 129 Å². The van der Waals surface area contributed by atoms with E-state index in [4.69, 9.17) is 10.00 Å². The van der Waals surface area contributed by atoms with E-state index in [1.807, 2.05) is 6.07 Å². The van der Waals surface area contributed by atoms with Crippen LogP contribution in [0.25, 0.3) is 0 Å². The third kappa shape index (κ3) is 4.48. The zero-order chi connectivity index (χ0) is 15.9. The second kappa shape index (κ2) is 7.46. The molecule has 0 aromatic heterocycles. The molecule has 1 aromatic carbocycles. The lowest BCUT2D eigenvalue weighted by molar-refractivity contribution is -0.130. The molecular weight excluding hydrogens is 282 g/mol. The monoisotopic (exact) mass is 301 g/mol. The number of likely N-dealkylation sites (tertiary alicyclic amines) is 1. The van der Waals surface area contributed by atoms with Gasteiger partial charge in [0.15, 0.2) is 6.61 Å². The summed E-state index contributed by atoms with van der Waals surface area (Å²) < 4.78 is 5.38. The summed E-state index contributed by atoms with van der Waals surface area (Å²) in [5.41, 5.74) is 0.550. The second-order valence-electron chi connectivity index (χ2n) is 5.27. The number of nitrogens with zero attached hydrogens (tertiary/aromatic N) is 2. The van der Waals surface area contributed by atoms with Gasteiger partial charge in [-0.15, -0.1) is 0 Å². The number of hydrogen-bond donors (Lipinski definition) is 1. The molecule has 2 rings (SSSR count). The Morgan fingerprint density at radius 1 is 1.32 bits per heavy atom. The van der Waals surface area contributed by atoms with E-state index >= 15 is 0 Å². The summed E-state index contributed by atoms with van der Waals surface area (Å²) >= 11 is 0. The van der Waals surface area contributed by atoms with E-state index in [1.54, 1.807) is 36.1 Å². The van der Waals surface area contributed by atoms with E-state index < -0.39 is 0 Å². The molecular formula is C16H19N3O3. The standard InChI is InChI=1S/C16H19N3O3/c1-12(20)19-8-6-14(7-9-19)18-16(21)11-22-15-4-2-13(10-17)3-5-15/h2-5,14H,6-9,11H2,1H3,(H,18,21). The maximum absolute atomic E-state index is 11.9. The Kier molecular flexibility index (Phi) is 5.37. The number of carbonyl (C=O) groups excluding carboxylic acids is 2. The minimum atomic E-state index is -0.175. The van der Waals surface area contributed by atoms with Crippen molar-refractivity contribution < 1.29 is 14.3 Å². The van der Waals surface area contributed by atoms with E-state index in [0.717, 1.165) is 12.8 Å². The highest BCUT2D eigenvalue weighted by Gasteiger charge is 2.21. The molecule has 1 heterocycles. The van der Waals surface area contributed by atoms with Crippen LogP contribution in [-0.2, 0) is 9.59 Å². The molecule has 1 fully saturated rings. The Bertz CT molecular complexity index is 569. The van der Waals surface area contributed by atoms with Crippen LogP contribution < -0.4 is 10.1 Å². The third-order valence-corrected chi connectivity index (χ3v) is 3.66. The fourth-order valence-corrected chi connectivity index (χ4v) is 2.38. The van der Waals surface area contributed by atoms with Crippen LogP contribution in [-0.4, -0.2) is 42.5 Å². The first-order valence-corrected chi connectivity index (χ1v) is 7.26. The summed E-state index contributed by atoms with van der Waals surface area (Å²) in [6.45, 7) is 2.86. The number of ether oxygens (including phenoxy) is 1. The van der Waals surface area contributed by atoms with Crippen molar-refractivity contribution in [2.24, 2.45) is 0 Å². The molecule has 0 bridgehead atoms. The van der Waals surface area contributed by atoms with Gasteiger partial charge < -0.3 is 15.0 Å². The van der Waals surface area contributed by atoms with Gasteiger partial charge in [0.2, 0.25) is 5.91 Å². The van der Waals surface area contributed by atoms with Gasteiger partial charge in [-0.1, -0.05) is 0 Å². The smallest absolute Gasteiger partial charge is 0.258 e. The van der Waals surface area contributed by atoms with Crippen LogP contribution in [0.5, 0.6) is 5.75 Å². The highest BCUT2D eigenvalue weighted by molar-refractivity contribution is 5.78. The number of rotatable bonds is 4. The zero-order valence-corrected chi connectivity index (χ0v) is 12.5. The molecule has 1 aliphatic heterocycles. The van der Waals surface area contributed by atoms with Crippen molar-refractivity contribution in [1.82, 2.24) is 10.2 Å². The Hall–Kier alpha value is -2.55. The summed E-state index contributed by atoms with van der Waals surface area (Å²) in [7, 11) is 0. The molecule has 0 unspecified atom stereocenters. The molecule has 6 nitrogen and oxygen atoms in total. The second-order valence-corrected chi connectivity index (χ2v) is 5.27. The minimum absolute atomic E-state index is 0.0567. The zero-order valence-electron chi connectivity index (χ0n) is 12.5. The van der Waals surface area contributed by atoms with Gasteiger partial charge in [0.1, 0.15) is 5.75 Å². The predicted octanol–water partition coefficient (Wildman–Crippen LogP) is 1.06. The van der Waals surface area contributed by atoms with Crippen molar-refractivity contribution in [1.29, 1.82) is 5.26 Å². The molecule has 1 aliphatic rings. The van der Waals surface area contributed by atoms with Gasteiger partial charge in [-0.25, -0.2) is 0 Å². The van der Waals surface area contributed by atoms with Crippen LogP contribution in [0.1, 0.15) is 25.3 Å². The fourth-order valence-electron chi connectivity index (χ4n) is 2.38. The summed E-state index contributed by atoms with van der Waals surface area (Å²) in [5, 5.41) is 11.6. The molecule has 1 N–H and O–H groups in total. The van der Waals surface area contributed by atoms with Crippen LogP contribution in [0.15, 0.2) is 24.3 Å². The Morgan fingerprint density at radius 2 is 1.95 bits per heavy atom. The average Bonchev–Trinajstić information content (AvgIpc) is 2.54. The number of nitriles is 1. The summed E-state index contributed by atoms with van der Waals surface area (Å²) in [4.78, 5) is 24.9. The topological polar surface area (TPSA) is 82.4 Å². The van der Waals surface area contributed by atoms with Gasteiger partial charge in [0.25, 0.3) is 5.91 Å². The lowest BCUT2D eigenvalue weighted by atomic mass is 10.1. The number of nitrogens with one attached hydrogen (secondary N) is 1. The third-order valence-electron chi connectivity index (χ3n) is 3.66. The van der Waals surface area contributed by atoms with E-state index in [1.165, 1.54) is 0 Å². The molecule has 116 valence electrons. The normalized spacial score (nSPS) is 15.0. The number of carbonyl (C=O) groups is 2. The molecule has 22 heavy (non-hydrogen) atoms. The van der Waals surface area contributed by atoms with Crippen molar-refractivity contribution in [3.63, 3.8) is 0 Å². The van der Waals surface area contributed by atoms with E-state index in [2.05, 4.69) is 5.32 Å². The maximum atomic E-state index is 11.9. The van der Waals surface area contributed by atoms with Gasteiger partial charge in [-0.05, 0) is 37.1 Å². The van der Waals surface area contributed by atoms with Crippen molar-refractivity contribution in [2.45, 2.75) is 25.8 Å². The van der Waals surface area contributed by atoms with Gasteiger partial charge in [-0.2, -0.15) is 5.26 Å². The van der Waals surface area contributed by atoms with Crippen LogP contribution in [0.4, 0.5) is 0 Å². The van der Waals surface area contributed by atoms with Gasteiger partial charge >= 0.3 is 0 Å². The number of hydrogen-bond acceptors (Lipinski definition) is 4. The molecule has 0 aliphatic carbocycles. The molecule has 0 radical (unpaired) electrons. The van der Waals surface area contributed by atoms with Gasteiger partial charge in [0, 0.05) is 26.1 Å². The van der Waals surface area contributed by atoms with Crippen molar-refractivity contribution in [3.05, 3.63) is 29.8 Å². The first kappa shape index (κ1) is 15.8. The highest BCUT2D eigenvalue weighted by atomic mass is 16.5. The molecule has 0 spiro atoms. The van der Waals surface area contributed by atoms with Gasteiger partial charge in [-0.3, -0.25) is 9.59 Å². The first-order chi connectivity index (χ1) is 10.6. The number of benzene rings is 1. The van der Waals surface area contributed by atoms with E-state index in [0.29, 0.717) is 24.4 Å². The molecule has 1 aromatic rings. The lowest BCUT2D eigenvalue weighted by Crippen LogP contribution is -2.47. The van der Waals surface area contributed by atoms with Crippen LogP contribution >= 0.6 is 0 Å². The Balaban J connectivity index is 1.72. The predicted molar refractivity (Wildman–Crippen MR) is 80.1 cm³/mol. The van der Waals surface area contributed by atoms with Crippen LogP contribution in [0.2, 0.25) is 0 Å². The van der Waals surface area contributed by atoms with E-state index in [9.17, 15) is 9.59 Å². The van der Waals surface area contributed by atoms with E-state index in [-0.39, 0.29) is 24.5 Å². The molecule has 2 amide bonds. The maximum Gasteiger partial charge on any atom is 0.258 e. The SMILES string of the molecule is CC(=O)N1CCC(NC(=O)COc2ccc(C#N)cc2)CC1. The summed E-state index contributed by atoms with van der Waals surface area (Å²) in [6, 6.07) is 8.73. The summed E-state index contributed by atoms with van der Waals surface area (Å²) in [5.74, 6) is 0.458. The minimum Gasteiger partial charge on any atom is -0.484 e. The lowest BCUT2D eigenvalue weighted by Gasteiger charge is -2.31. The summed E-state index contributed by atoms with van der Waals surface area (Å²) in [6.07, 6.45) is 1.53. The molecule has 1 saturated heterocycles. The van der Waals surface area contributed by atoms with Crippen molar-refractivity contribution in [2.75, 3.05) is 19.7 Å². The highest BCUT2D eigenvalue weighted by Crippen LogP contribution is 2.12. The van der Waals surface area contributed by atoms with Crippen LogP contribution in [0.3, 0.4) is 0 Å². The van der Waals surface area contributed by atoms with Crippen LogP contribution in [0, 0.1) is 11.3 Å². The number of amides is 2. The first-order valence-electron chi connectivity index (χ1n) is 7.26. The Morgan fingerprint density at radius 3 is 2.50 bits per heavy atom. The van der Waals surface area contributed by atoms with Crippen molar-refractivity contribution >= 4 is 11.8 Å². The molecule has 0 atom stereocenters. The number of piperidine rings is 1. The average molecular weight is 301 g/mol. The quantitative estimate of drug-likeness (QED) is 0.901. The molecule has 6 heteroatoms. The fraction of sp³-hybridized carbons (Fsp3) is 0.438. The van der Waals surface area contributed by atoms with Crippen molar-refractivity contribution in [3.8, 4) is 11.8 Å². The van der Waals surface area contributed by atoms with Gasteiger partial charge in [0.05, 0.1) is 11.6 Å². The molecule has 0 saturated carbocycles. The largest absolute Gasteiger partial charge is 0.484 e.